The molecular weight excluding hydrogens is 236 g/mol. The monoisotopic (exact) mass is 264 g/mol. The molecule has 0 amide bonds. The van der Waals surface area contributed by atoms with E-state index in [2.05, 4.69) is 53.8 Å². The van der Waals surface area contributed by atoms with Crippen LogP contribution in [0, 0.1) is 6.92 Å². The lowest BCUT2D eigenvalue weighted by atomic mass is 10.0. The minimum atomic E-state index is 0.641. The molecule has 1 aromatic heterocycles. The number of hydrogen-bond acceptors (Lipinski definition) is 3. The maximum absolute atomic E-state index is 4.56. The van der Waals surface area contributed by atoms with Gasteiger partial charge in [0.05, 0.1) is 11.4 Å². The molecule has 0 aliphatic carbocycles. The highest BCUT2D eigenvalue weighted by atomic mass is 15.3. The molecule has 0 spiro atoms. The van der Waals surface area contributed by atoms with E-state index in [-0.39, 0.29) is 0 Å². The van der Waals surface area contributed by atoms with Gasteiger partial charge in [-0.05, 0) is 32.8 Å². The van der Waals surface area contributed by atoms with Gasteiger partial charge in [-0.25, -0.2) is 0 Å². The second-order valence-electron chi connectivity index (χ2n) is 5.60. The first-order chi connectivity index (χ1) is 9.17. The summed E-state index contributed by atoms with van der Waals surface area (Å²) in [6.07, 6.45) is 2.42. The third-order valence-electron chi connectivity index (χ3n) is 4.23. The molecule has 1 aliphatic rings. The van der Waals surface area contributed by atoms with Crippen LogP contribution in [0.3, 0.4) is 0 Å². The minimum absolute atomic E-state index is 0.641. The Hall–Kier alpha value is -0.870. The summed E-state index contributed by atoms with van der Waals surface area (Å²) >= 11 is 0. The van der Waals surface area contributed by atoms with Gasteiger partial charge in [-0.3, -0.25) is 9.58 Å². The number of nitrogens with one attached hydrogen (secondary N) is 1. The first-order valence-corrected chi connectivity index (χ1v) is 7.68. The predicted molar refractivity (Wildman–Crippen MR) is 79.2 cm³/mol. The average molecular weight is 264 g/mol. The summed E-state index contributed by atoms with van der Waals surface area (Å²) in [6.45, 7) is 13.1. The average Bonchev–Trinajstić information content (AvgIpc) is 2.78. The molecule has 2 atom stereocenters. The maximum atomic E-state index is 4.56. The van der Waals surface area contributed by atoms with Gasteiger partial charge in [0.2, 0.25) is 0 Å². The van der Waals surface area contributed by atoms with E-state index < -0.39 is 0 Å². The van der Waals surface area contributed by atoms with Crippen molar-refractivity contribution in [1.29, 1.82) is 0 Å². The summed E-state index contributed by atoms with van der Waals surface area (Å²) in [7, 11) is 0. The Morgan fingerprint density at radius 2 is 2.11 bits per heavy atom. The molecule has 0 bridgehead atoms. The van der Waals surface area contributed by atoms with E-state index in [0.29, 0.717) is 12.1 Å². The third-order valence-corrected chi connectivity index (χ3v) is 4.23. The second-order valence-corrected chi connectivity index (χ2v) is 5.60. The van der Waals surface area contributed by atoms with E-state index in [1.165, 1.54) is 18.5 Å². The fourth-order valence-corrected chi connectivity index (χ4v) is 3.01. The summed E-state index contributed by atoms with van der Waals surface area (Å²) in [5, 5.41) is 8.21. The van der Waals surface area contributed by atoms with Gasteiger partial charge >= 0.3 is 0 Å². The van der Waals surface area contributed by atoms with Crippen molar-refractivity contribution in [2.45, 2.75) is 65.7 Å². The third kappa shape index (κ3) is 3.37. The summed E-state index contributed by atoms with van der Waals surface area (Å²) in [4.78, 5) is 2.63. The molecule has 108 valence electrons. The van der Waals surface area contributed by atoms with Crippen molar-refractivity contribution < 1.29 is 0 Å². The van der Waals surface area contributed by atoms with Crippen LogP contribution >= 0.6 is 0 Å². The van der Waals surface area contributed by atoms with Crippen LogP contribution < -0.4 is 5.32 Å². The zero-order valence-electron chi connectivity index (χ0n) is 12.8. The van der Waals surface area contributed by atoms with Gasteiger partial charge in [-0.2, -0.15) is 5.10 Å². The van der Waals surface area contributed by atoms with Crippen LogP contribution in [0.1, 0.15) is 45.0 Å². The molecular formula is C15H28N4. The molecule has 0 radical (unpaired) electrons. The SMILES string of the molecule is CCC1CN(Cc2cc(C)nn2CC)C(CC)CN1. The predicted octanol–water partition coefficient (Wildman–Crippen LogP) is 2.17. The Morgan fingerprint density at radius 3 is 2.74 bits per heavy atom. The summed E-state index contributed by atoms with van der Waals surface area (Å²) in [6, 6.07) is 3.53. The van der Waals surface area contributed by atoms with Gasteiger partial charge in [-0.15, -0.1) is 0 Å². The number of aromatic nitrogens is 2. The van der Waals surface area contributed by atoms with Crippen molar-refractivity contribution >= 4 is 0 Å². The molecule has 4 nitrogen and oxygen atoms in total. The molecule has 1 saturated heterocycles. The van der Waals surface area contributed by atoms with Gasteiger partial charge in [0.25, 0.3) is 0 Å². The topological polar surface area (TPSA) is 33.1 Å². The largest absolute Gasteiger partial charge is 0.311 e. The Kier molecular flexibility index (Phi) is 4.99. The number of nitrogens with zero attached hydrogens (tertiary/aromatic N) is 3. The van der Waals surface area contributed by atoms with E-state index in [1.54, 1.807) is 0 Å². The van der Waals surface area contributed by atoms with Crippen molar-refractivity contribution in [2.24, 2.45) is 0 Å². The second kappa shape index (κ2) is 6.53. The molecule has 1 N–H and O–H groups in total. The Labute approximate surface area is 117 Å². The lowest BCUT2D eigenvalue weighted by Crippen LogP contribution is -2.55. The number of piperazine rings is 1. The van der Waals surface area contributed by atoms with Crippen molar-refractivity contribution in [3.63, 3.8) is 0 Å². The number of aryl methyl sites for hydroxylation is 2. The first kappa shape index (κ1) is 14.5. The molecule has 2 unspecified atom stereocenters. The molecule has 2 heterocycles. The molecule has 1 aliphatic heterocycles. The zero-order valence-corrected chi connectivity index (χ0v) is 12.8. The molecule has 2 rings (SSSR count). The van der Waals surface area contributed by atoms with Gasteiger partial charge in [0.1, 0.15) is 0 Å². The standard InChI is InChI=1S/C15H28N4/c1-5-13-10-18(14(6-2)9-16-13)11-15-8-12(4)17-19(15)7-3/h8,13-14,16H,5-7,9-11H2,1-4H3. The highest BCUT2D eigenvalue weighted by Crippen LogP contribution is 2.16. The molecule has 0 aromatic carbocycles. The summed E-state index contributed by atoms with van der Waals surface area (Å²) < 4.78 is 2.14. The van der Waals surface area contributed by atoms with Crippen LogP contribution in [0.15, 0.2) is 6.07 Å². The van der Waals surface area contributed by atoms with Crippen LogP contribution in [0.4, 0.5) is 0 Å². The first-order valence-electron chi connectivity index (χ1n) is 7.68. The Bertz CT molecular complexity index is 399. The number of rotatable bonds is 5. The highest BCUT2D eigenvalue weighted by molar-refractivity contribution is 5.09. The quantitative estimate of drug-likeness (QED) is 0.885. The van der Waals surface area contributed by atoms with Crippen LogP contribution in [0.2, 0.25) is 0 Å². The number of hydrogen-bond donors (Lipinski definition) is 1. The van der Waals surface area contributed by atoms with E-state index in [4.69, 9.17) is 0 Å². The molecule has 0 saturated carbocycles. The van der Waals surface area contributed by atoms with Crippen molar-refractivity contribution in [3.8, 4) is 0 Å². The highest BCUT2D eigenvalue weighted by Gasteiger charge is 2.26. The molecule has 1 aromatic rings. The van der Waals surface area contributed by atoms with Crippen LogP contribution in [-0.2, 0) is 13.1 Å². The lowest BCUT2D eigenvalue weighted by Gasteiger charge is -2.40. The fraction of sp³-hybridized carbons (Fsp3) is 0.800. The smallest absolute Gasteiger partial charge is 0.0597 e. The normalized spacial score (nSPS) is 24.8. The van der Waals surface area contributed by atoms with Gasteiger partial charge in [0, 0.05) is 38.3 Å². The molecule has 4 heteroatoms. The van der Waals surface area contributed by atoms with Gasteiger partial charge in [0.15, 0.2) is 0 Å². The Morgan fingerprint density at radius 1 is 1.32 bits per heavy atom. The molecule has 1 fully saturated rings. The fourth-order valence-electron chi connectivity index (χ4n) is 3.01. The van der Waals surface area contributed by atoms with Crippen molar-refractivity contribution in [3.05, 3.63) is 17.5 Å². The Balaban J connectivity index is 2.09. The maximum Gasteiger partial charge on any atom is 0.0597 e. The van der Waals surface area contributed by atoms with Gasteiger partial charge in [-0.1, -0.05) is 13.8 Å². The summed E-state index contributed by atoms with van der Waals surface area (Å²) in [5.41, 5.74) is 2.49. The van der Waals surface area contributed by atoms with Crippen molar-refractivity contribution in [1.82, 2.24) is 20.0 Å². The van der Waals surface area contributed by atoms with E-state index >= 15 is 0 Å². The van der Waals surface area contributed by atoms with Crippen molar-refractivity contribution in [2.75, 3.05) is 13.1 Å². The van der Waals surface area contributed by atoms with E-state index in [0.717, 1.165) is 31.9 Å². The van der Waals surface area contributed by atoms with Crippen LogP contribution in [0.25, 0.3) is 0 Å². The molecule has 19 heavy (non-hydrogen) atoms. The summed E-state index contributed by atoms with van der Waals surface area (Å²) in [5.74, 6) is 0. The zero-order chi connectivity index (χ0) is 13.8. The van der Waals surface area contributed by atoms with E-state index in [1.807, 2.05) is 0 Å². The van der Waals surface area contributed by atoms with Crippen LogP contribution in [-0.4, -0.2) is 39.9 Å². The van der Waals surface area contributed by atoms with E-state index in [9.17, 15) is 0 Å². The van der Waals surface area contributed by atoms with Crippen LogP contribution in [0.5, 0.6) is 0 Å². The minimum Gasteiger partial charge on any atom is -0.311 e. The lowest BCUT2D eigenvalue weighted by molar-refractivity contribution is 0.114. The van der Waals surface area contributed by atoms with Gasteiger partial charge < -0.3 is 5.32 Å².